The molecule has 4 N–H and O–H groups in total. The van der Waals surface area contributed by atoms with Crippen molar-refractivity contribution < 1.29 is 18.0 Å². The Hall–Kier alpha value is -3.50. The van der Waals surface area contributed by atoms with Crippen molar-refractivity contribution in [2.45, 2.75) is 38.4 Å². The number of pyridine rings is 1. The highest BCUT2D eigenvalue weighted by Gasteiger charge is 2.34. The number of carbonyl (C=O) groups excluding carboxylic acids is 1. The Kier molecular flexibility index (Phi) is 7.11. The van der Waals surface area contributed by atoms with Gasteiger partial charge in [-0.1, -0.05) is 6.07 Å². The van der Waals surface area contributed by atoms with Crippen molar-refractivity contribution in [3.63, 3.8) is 0 Å². The minimum Gasteiger partial charge on any atom is -0.398 e. The Morgan fingerprint density at radius 2 is 1.82 bits per heavy atom. The van der Waals surface area contributed by atoms with Crippen LogP contribution in [-0.2, 0) is 25.6 Å². The SMILES string of the molecule is CN1CCN(Cc2ccc(NC(=O)c3nc4ccc(N)c(C=N)c4c4c3CCCC4)cc2C(F)(F)F)CC1. The molecule has 1 aromatic heterocycles. The number of hydrogen-bond donors (Lipinski definition) is 3. The number of aryl methyl sites for hydroxylation is 1. The summed E-state index contributed by atoms with van der Waals surface area (Å²) in [6, 6.07) is 7.38. The molecule has 0 saturated carbocycles. The molecule has 200 valence electrons. The number of rotatable bonds is 5. The van der Waals surface area contributed by atoms with E-state index < -0.39 is 17.6 Å². The van der Waals surface area contributed by atoms with E-state index in [0.717, 1.165) is 54.9 Å². The highest BCUT2D eigenvalue weighted by atomic mass is 19.4. The molecule has 1 amide bonds. The number of piperazine rings is 1. The first kappa shape index (κ1) is 26.1. The summed E-state index contributed by atoms with van der Waals surface area (Å²) in [6.45, 7) is 3.24. The van der Waals surface area contributed by atoms with Gasteiger partial charge in [0.2, 0.25) is 0 Å². The van der Waals surface area contributed by atoms with Crippen LogP contribution in [0.1, 0.15) is 51.1 Å². The number of benzene rings is 2. The van der Waals surface area contributed by atoms with Crippen LogP contribution in [0, 0.1) is 5.41 Å². The number of nitrogens with one attached hydrogen (secondary N) is 2. The van der Waals surface area contributed by atoms with Crippen LogP contribution in [0.3, 0.4) is 0 Å². The molecule has 2 aromatic carbocycles. The van der Waals surface area contributed by atoms with E-state index in [0.29, 0.717) is 36.3 Å². The van der Waals surface area contributed by atoms with Crippen molar-refractivity contribution in [2.24, 2.45) is 0 Å². The Morgan fingerprint density at radius 3 is 2.50 bits per heavy atom. The van der Waals surface area contributed by atoms with Crippen molar-refractivity contribution in [3.05, 3.63) is 63.8 Å². The molecule has 2 heterocycles. The first-order valence-corrected chi connectivity index (χ1v) is 12.8. The third kappa shape index (κ3) is 5.10. The normalized spacial score (nSPS) is 16.8. The second-order valence-corrected chi connectivity index (χ2v) is 10.1. The minimum absolute atomic E-state index is 0.0772. The summed E-state index contributed by atoms with van der Waals surface area (Å²) in [5, 5.41) is 11.3. The third-order valence-electron chi connectivity index (χ3n) is 7.57. The third-order valence-corrected chi connectivity index (χ3v) is 7.57. The number of likely N-dealkylation sites (N-methyl/N-ethyl adjacent to an activating group) is 1. The number of hydrogen-bond acceptors (Lipinski definition) is 6. The zero-order valence-corrected chi connectivity index (χ0v) is 21.3. The zero-order chi connectivity index (χ0) is 27.0. The van der Waals surface area contributed by atoms with Crippen LogP contribution in [0.25, 0.3) is 10.9 Å². The van der Waals surface area contributed by atoms with Crippen LogP contribution in [0.5, 0.6) is 0 Å². The molecule has 1 aliphatic carbocycles. The van der Waals surface area contributed by atoms with Crippen molar-refractivity contribution in [2.75, 3.05) is 44.3 Å². The standard InChI is InChI=1S/C28H31F3N6O/c1-36-10-12-37(13-11-36)16-17-6-7-18(14-22(17)28(29,30)31)34-27(38)26-20-5-3-2-4-19(20)25-21(15-32)23(33)8-9-24(25)35-26/h6-9,14-15,32H,2-5,10-13,16,33H2,1H3,(H,34,38). The minimum atomic E-state index is -4.55. The van der Waals surface area contributed by atoms with Crippen LogP contribution >= 0.6 is 0 Å². The molecule has 3 aromatic rings. The summed E-state index contributed by atoms with van der Waals surface area (Å²) in [6.07, 6.45) is -0.184. The molecular weight excluding hydrogens is 493 g/mol. The average Bonchev–Trinajstić information content (AvgIpc) is 2.89. The van der Waals surface area contributed by atoms with E-state index in [1.54, 1.807) is 12.1 Å². The Labute approximate surface area is 219 Å². The van der Waals surface area contributed by atoms with Crippen LogP contribution in [0.15, 0.2) is 30.3 Å². The van der Waals surface area contributed by atoms with Gasteiger partial charge in [0, 0.05) is 61.3 Å². The van der Waals surface area contributed by atoms with Gasteiger partial charge >= 0.3 is 6.18 Å². The number of anilines is 2. The lowest BCUT2D eigenvalue weighted by atomic mass is 9.86. The molecule has 10 heteroatoms. The maximum atomic E-state index is 14.0. The molecular formula is C28H31F3N6O. The van der Waals surface area contributed by atoms with E-state index in [2.05, 4.69) is 15.2 Å². The van der Waals surface area contributed by atoms with Gasteiger partial charge in [0.15, 0.2) is 0 Å². The van der Waals surface area contributed by atoms with E-state index in [1.807, 2.05) is 11.9 Å². The largest absolute Gasteiger partial charge is 0.416 e. The fourth-order valence-corrected chi connectivity index (χ4v) is 5.50. The number of amides is 1. The summed E-state index contributed by atoms with van der Waals surface area (Å²) in [5.74, 6) is -0.543. The molecule has 0 radical (unpaired) electrons. The summed E-state index contributed by atoms with van der Waals surface area (Å²) in [4.78, 5) is 22.2. The van der Waals surface area contributed by atoms with Crippen molar-refractivity contribution in [1.82, 2.24) is 14.8 Å². The van der Waals surface area contributed by atoms with Gasteiger partial charge in [-0.25, -0.2) is 4.98 Å². The molecule has 0 unspecified atom stereocenters. The summed E-state index contributed by atoms with van der Waals surface area (Å²) in [5.41, 5.74) is 9.14. The van der Waals surface area contributed by atoms with Gasteiger partial charge in [0.1, 0.15) is 5.69 Å². The van der Waals surface area contributed by atoms with Gasteiger partial charge in [-0.2, -0.15) is 13.2 Å². The molecule has 7 nitrogen and oxygen atoms in total. The molecule has 2 aliphatic rings. The van der Waals surface area contributed by atoms with E-state index in [9.17, 15) is 18.0 Å². The second kappa shape index (κ2) is 10.3. The predicted octanol–water partition coefficient (Wildman–Crippen LogP) is 4.71. The van der Waals surface area contributed by atoms with Gasteiger partial charge in [-0.15, -0.1) is 0 Å². The summed E-state index contributed by atoms with van der Waals surface area (Å²) >= 11 is 0. The molecule has 5 rings (SSSR count). The average molecular weight is 525 g/mol. The fraction of sp³-hybridized carbons (Fsp3) is 0.393. The quantitative estimate of drug-likeness (QED) is 0.332. The Balaban J connectivity index is 1.47. The monoisotopic (exact) mass is 524 g/mol. The van der Waals surface area contributed by atoms with Gasteiger partial charge in [-0.05, 0) is 73.7 Å². The summed E-state index contributed by atoms with van der Waals surface area (Å²) < 4.78 is 42.1. The van der Waals surface area contributed by atoms with Gasteiger partial charge < -0.3 is 21.4 Å². The van der Waals surface area contributed by atoms with E-state index in [1.165, 1.54) is 18.3 Å². The molecule has 0 atom stereocenters. The van der Waals surface area contributed by atoms with Crippen LogP contribution < -0.4 is 11.1 Å². The molecule has 0 bridgehead atoms. The summed E-state index contributed by atoms with van der Waals surface area (Å²) in [7, 11) is 2.00. The second-order valence-electron chi connectivity index (χ2n) is 10.1. The highest BCUT2D eigenvalue weighted by molar-refractivity contribution is 6.09. The maximum absolute atomic E-state index is 14.0. The van der Waals surface area contributed by atoms with E-state index >= 15 is 0 Å². The highest BCUT2D eigenvalue weighted by Crippen LogP contribution is 2.36. The molecule has 1 fully saturated rings. The topological polar surface area (TPSA) is 98.3 Å². The lowest BCUT2D eigenvalue weighted by molar-refractivity contribution is -0.138. The van der Waals surface area contributed by atoms with E-state index in [4.69, 9.17) is 11.1 Å². The lowest BCUT2D eigenvalue weighted by Crippen LogP contribution is -2.44. The smallest absolute Gasteiger partial charge is 0.398 e. The molecule has 1 aliphatic heterocycles. The Morgan fingerprint density at radius 1 is 1.11 bits per heavy atom. The zero-order valence-electron chi connectivity index (χ0n) is 21.3. The number of carbonyl (C=O) groups is 1. The van der Waals surface area contributed by atoms with Crippen molar-refractivity contribution in [3.8, 4) is 0 Å². The first-order chi connectivity index (χ1) is 18.2. The maximum Gasteiger partial charge on any atom is 0.416 e. The van der Waals surface area contributed by atoms with Gasteiger partial charge in [0.05, 0.1) is 11.1 Å². The fourth-order valence-electron chi connectivity index (χ4n) is 5.50. The van der Waals surface area contributed by atoms with Crippen LogP contribution in [-0.4, -0.2) is 60.1 Å². The van der Waals surface area contributed by atoms with Gasteiger partial charge in [-0.3, -0.25) is 9.69 Å². The van der Waals surface area contributed by atoms with Crippen LogP contribution in [0.4, 0.5) is 24.5 Å². The van der Waals surface area contributed by atoms with Gasteiger partial charge in [0.25, 0.3) is 5.91 Å². The molecule has 0 spiro atoms. The number of halogens is 3. The molecule has 1 saturated heterocycles. The number of aromatic nitrogens is 1. The first-order valence-electron chi connectivity index (χ1n) is 12.8. The number of fused-ring (bicyclic) bond motifs is 3. The predicted molar refractivity (Wildman–Crippen MR) is 143 cm³/mol. The van der Waals surface area contributed by atoms with Crippen molar-refractivity contribution >= 4 is 34.4 Å². The number of alkyl halides is 3. The Bertz CT molecular complexity index is 1400. The van der Waals surface area contributed by atoms with Crippen LogP contribution in [0.2, 0.25) is 0 Å². The number of nitrogen functional groups attached to an aromatic ring is 1. The number of nitrogens with zero attached hydrogens (tertiary/aromatic N) is 3. The van der Waals surface area contributed by atoms with E-state index in [-0.39, 0.29) is 23.5 Å². The number of nitrogens with two attached hydrogens (primary N) is 1. The lowest BCUT2D eigenvalue weighted by Gasteiger charge is -2.33. The molecule has 38 heavy (non-hydrogen) atoms. The van der Waals surface area contributed by atoms with Crippen molar-refractivity contribution in [1.29, 1.82) is 5.41 Å².